The average molecular weight is 315 g/mol. The predicted octanol–water partition coefficient (Wildman–Crippen LogP) is 7.76. The molecule has 0 rings (SSSR count). The first-order chi connectivity index (χ1) is 10.1. The van der Waals surface area contributed by atoms with Crippen LogP contribution < -0.4 is 0 Å². The molecule has 21 heavy (non-hydrogen) atoms. The lowest BCUT2D eigenvalue weighted by Crippen LogP contribution is -2.32. The third-order valence-electron chi connectivity index (χ3n) is 5.10. The van der Waals surface area contributed by atoms with Crippen molar-refractivity contribution >= 4 is 9.24 Å². The van der Waals surface area contributed by atoms with Gasteiger partial charge in [0, 0.05) is 0 Å². The lowest BCUT2D eigenvalue weighted by Gasteiger charge is -2.38. The van der Waals surface area contributed by atoms with Gasteiger partial charge in [-0.1, -0.05) is 91.9 Å². The highest BCUT2D eigenvalue weighted by Crippen LogP contribution is 2.43. The first-order valence-corrected chi connectivity index (χ1v) is 10.5. The smallest absolute Gasteiger partial charge is 0.0122 e. The molecule has 0 aromatic rings. The van der Waals surface area contributed by atoms with Crippen LogP contribution in [0.3, 0.4) is 0 Å². The van der Waals surface area contributed by atoms with Crippen LogP contribution >= 0.6 is 9.24 Å². The molecule has 128 valence electrons. The Kier molecular flexibility index (Phi) is 14.3. The standard InChI is InChI=1S/C20H43P/c1-5-9-12-16-19(15-8-4)20(21,17-13-10-6-2)18-14-11-7-3/h19H,5-18,21H2,1-4H3. The molecular formula is C20H43P. The van der Waals surface area contributed by atoms with Crippen molar-refractivity contribution in [2.45, 2.75) is 123 Å². The molecule has 0 saturated heterocycles. The molecule has 0 aromatic carbocycles. The van der Waals surface area contributed by atoms with E-state index in [2.05, 4.69) is 36.9 Å². The third-order valence-corrected chi connectivity index (χ3v) is 6.15. The van der Waals surface area contributed by atoms with E-state index in [1.807, 2.05) is 0 Å². The van der Waals surface area contributed by atoms with Gasteiger partial charge in [-0.15, -0.1) is 9.24 Å². The molecule has 2 unspecified atom stereocenters. The Morgan fingerprint density at radius 2 is 1.10 bits per heavy atom. The fourth-order valence-electron chi connectivity index (χ4n) is 3.65. The topological polar surface area (TPSA) is 0 Å². The van der Waals surface area contributed by atoms with Crippen LogP contribution in [0, 0.1) is 5.92 Å². The largest absolute Gasteiger partial charge is 0.131 e. The summed E-state index contributed by atoms with van der Waals surface area (Å²) in [4.78, 5) is 0. The molecule has 0 aliphatic heterocycles. The van der Waals surface area contributed by atoms with E-state index in [0.717, 1.165) is 5.92 Å². The summed E-state index contributed by atoms with van der Waals surface area (Å²) in [5, 5.41) is 0.536. The van der Waals surface area contributed by atoms with Crippen molar-refractivity contribution in [2.24, 2.45) is 5.92 Å². The van der Waals surface area contributed by atoms with Gasteiger partial charge in [-0.3, -0.25) is 0 Å². The molecule has 1 heteroatoms. The van der Waals surface area contributed by atoms with Gasteiger partial charge in [0.15, 0.2) is 0 Å². The van der Waals surface area contributed by atoms with Gasteiger partial charge >= 0.3 is 0 Å². The van der Waals surface area contributed by atoms with Gasteiger partial charge in [-0.2, -0.15) is 0 Å². The van der Waals surface area contributed by atoms with Gasteiger partial charge in [0.05, 0.1) is 0 Å². The number of hydrogen-bond donors (Lipinski definition) is 0. The molecule has 0 heterocycles. The molecule has 0 saturated carbocycles. The van der Waals surface area contributed by atoms with Crippen LogP contribution in [0.15, 0.2) is 0 Å². The molecule has 2 atom stereocenters. The number of rotatable bonds is 15. The second kappa shape index (κ2) is 14.0. The fourth-order valence-corrected chi connectivity index (χ4v) is 4.39. The third kappa shape index (κ3) is 9.93. The summed E-state index contributed by atoms with van der Waals surface area (Å²) in [6, 6.07) is 0. The first-order valence-electron chi connectivity index (χ1n) is 9.93. The van der Waals surface area contributed by atoms with Crippen LogP contribution in [0.5, 0.6) is 0 Å². The fraction of sp³-hybridized carbons (Fsp3) is 1.00. The molecular weight excluding hydrogens is 271 g/mol. The second-order valence-electron chi connectivity index (χ2n) is 7.13. The molecule has 0 N–H and O–H groups in total. The van der Waals surface area contributed by atoms with Crippen molar-refractivity contribution in [3.05, 3.63) is 0 Å². The highest BCUT2D eigenvalue weighted by molar-refractivity contribution is 7.19. The average Bonchev–Trinajstić information content (AvgIpc) is 2.47. The van der Waals surface area contributed by atoms with Crippen molar-refractivity contribution < 1.29 is 0 Å². The maximum Gasteiger partial charge on any atom is -0.0122 e. The molecule has 0 amide bonds. The zero-order valence-electron chi connectivity index (χ0n) is 15.6. The Bertz CT molecular complexity index is 202. The monoisotopic (exact) mass is 314 g/mol. The van der Waals surface area contributed by atoms with E-state index in [-0.39, 0.29) is 0 Å². The van der Waals surface area contributed by atoms with E-state index in [9.17, 15) is 0 Å². The summed E-state index contributed by atoms with van der Waals surface area (Å²) < 4.78 is 0. The lowest BCUT2D eigenvalue weighted by atomic mass is 9.77. The summed E-state index contributed by atoms with van der Waals surface area (Å²) in [5.74, 6) is 0.938. The Morgan fingerprint density at radius 1 is 0.619 bits per heavy atom. The highest BCUT2D eigenvalue weighted by atomic mass is 31.0. The zero-order valence-corrected chi connectivity index (χ0v) is 16.7. The Balaban J connectivity index is 4.62. The molecule has 0 bridgehead atoms. The summed E-state index contributed by atoms with van der Waals surface area (Å²) in [6.07, 6.45) is 19.7. The second-order valence-corrected chi connectivity index (χ2v) is 8.28. The van der Waals surface area contributed by atoms with Crippen molar-refractivity contribution in [3.8, 4) is 0 Å². The Morgan fingerprint density at radius 3 is 1.52 bits per heavy atom. The molecule has 0 radical (unpaired) electrons. The van der Waals surface area contributed by atoms with E-state index in [1.165, 1.54) is 89.9 Å². The summed E-state index contributed by atoms with van der Waals surface area (Å²) in [6.45, 7) is 9.35. The number of unbranched alkanes of at least 4 members (excludes halogenated alkanes) is 6. The van der Waals surface area contributed by atoms with Gasteiger partial charge in [0.2, 0.25) is 0 Å². The van der Waals surface area contributed by atoms with Gasteiger partial charge in [0.25, 0.3) is 0 Å². The molecule has 0 spiro atoms. The first kappa shape index (κ1) is 21.4. The summed E-state index contributed by atoms with van der Waals surface area (Å²) in [7, 11) is 3.36. The normalized spacial score (nSPS) is 13.6. The minimum absolute atomic E-state index is 0.536. The van der Waals surface area contributed by atoms with E-state index in [4.69, 9.17) is 0 Å². The van der Waals surface area contributed by atoms with E-state index in [1.54, 1.807) is 0 Å². The van der Waals surface area contributed by atoms with E-state index >= 15 is 0 Å². The lowest BCUT2D eigenvalue weighted by molar-refractivity contribution is 0.276. The van der Waals surface area contributed by atoms with Gasteiger partial charge in [0.1, 0.15) is 0 Å². The SMILES string of the molecule is CCCCCC(CCC)C(P)(CCCCC)CCCCC. The Hall–Kier alpha value is 0.430. The van der Waals surface area contributed by atoms with Crippen LogP contribution in [0.25, 0.3) is 0 Å². The van der Waals surface area contributed by atoms with Gasteiger partial charge < -0.3 is 0 Å². The highest BCUT2D eigenvalue weighted by Gasteiger charge is 2.32. The van der Waals surface area contributed by atoms with Crippen LogP contribution in [-0.4, -0.2) is 5.16 Å². The quantitative estimate of drug-likeness (QED) is 0.214. The van der Waals surface area contributed by atoms with Crippen molar-refractivity contribution in [1.29, 1.82) is 0 Å². The van der Waals surface area contributed by atoms with Crippen LogP contribution in [0.4, 0.5) is 0 Å². The molecule has 0 nitrogen and oxygen atoms in total. The van der Waals surface area contributed by atoms with E-state index in [0.29, 0.717) is 5.16 Å². The van der Waals surface area contributed by atoms with E-state index < -0.39 is 0 Å². The molecule has 0 fully saturated rings. The maximum absolute atomic E-state index is 3.36. The summed E-state index contributed by atoms with van der Waals surface area (Å²) in [5.41, 5.74) is 0. The minimum atomic E-state index is 0.536. The number of hydrogen-bond acceptors (Lipinski definition) is 0. The zero-order chi connectivity index (χ0) is 16.0. The van der Waals surface area contributed by atoms with Crippen molar-refractivity contribution in [3.63, 3.8) is 0 Å². The van der Waals surface area contributed by atoms with Crippen LogP contribution in [-0.2, 0) is 0 Å². The molecule has 0 aliphatic carbocycles. The summed E-state index contributed by atoms with van der Waals surface area (Å²) >= 11 is 0. The van der Waals surface area contributed by atoms with Crippen molar-refractivity contribution in [2.75, 3.05) is 0 Å². The van der Waals surface area contributed by atoms with Crippen LogP contribution in [0.1, 0.15) is 118 Å². The van der Waals surface area contributed by atoms with Crippen molar-refractivity contribution in [1.82, 2.24) is 0 Å². The maximum atomic E-state index is 3.36. The minimum Gasteiger partial charge on any atom is -0.131 e. The molecule has 0 aliphatic rings. The predicted molar refractivity (Wildman–Crippen MR) is 103 cm³/mol. The van der Waals surface area contributed by atoms with Gasteiger partial charge in [-0.05, 0) is 36.8 Å². The van der Waals surface area contributed by atoms with Crippen LogP contribution in [0.2, 0.25) is 0 Å². The molecule has 0 aromatic heterocycles. The van der Waals surface area contributed by atoms with Gasteiger partial charge in [-0.25, -0.2) is 0 Å². The Labute approximate surface area is 138 Å².